The van der Waals surface area contributed by atoms with Crippen LogP contribution in [0.15, 0.2) is 18.3 Å². The molecule has 27 heavy (non-hydrogen) atoms. The number of carboxylic acid groups (broad SMARTS) is 1. The highest BCUT2D eigenvalue weighted by atomic mass is 16.4. The van der Waals surface area contributed by atoms with Crippen molar-refractivity contribution < 1.29 is 19.5 Å². The van der Waals surface area contributed by atoms with Gasteiger partial charge in [-0.2, -0.15) is 0 Å². The normalized spacial score (nSPS) is 12.7. The van der Waals surface area contributed by atoms with Crippen LogP contribution in [-0.4, -0.2) is 57.9 Å². The Bertz CT molecular complexity index is 639. The molecule has 1 heterocycles. The summed E-state index contributed by atoms with van der Waals surface area (Å²) in [5.41, 5.74) is 3.53. The van der Waals surface area contributed by atoms with Crippen molar-refractivity contribution in [2.45, 2.75) is 47.1 Å². The van der Waals surface area contributed by atoms with Gasteiger partial charge in [0.05, 0.1) is 5.56 Å². The molecule has 4 N–H and O–H groups in total. The van der Waals surface area contributed by atoms with Crippen LogP contribution in [0.4, 0.5) is 0 Å². The summed E-state index contributed by atoms with van der Waals surface area (Å²) in [5.74, 6) is -2.99. The maximum atomic E-state index is 12.1. The van der Waals surface area contributed by atoms with E-state index in [-0.39, 0.29) is 17.2 Å². The van der Waals surface area contributed by atoms with E-state index in [1.54, 1.807) is 13.8 Å². The molecule has 1 aromatic heterocycles. The third-order valence-electron chi connectivity index (χ3n) is 4.63. The van der Waals surface area contributed by atoms with Gasteiger partial charge in [0.25, 0.3) is 5.91 Å². The average molecular weight is 380 g/mol. The van der Waals surface area contributed by atoms with Gasteiger partial charge in [0.15, 0.2) is 0 Å². The van der Waals surface area contributed by atoms with E-state index >= 15 is 0 Å². The van der Waals surface area contributed by atoms with Crippen LogP contribution in [0, 0.1) is 5.92 Å². The molecule has 0 radical (unpaired) electrons. The van der Waals surface area contributed by atoms with Crippen molar-refractivity contribution in [1.29, 1.82) is 0 Å². The van der Waals surface area contributed by atoms with Gasteiger partial charge in [0, 0.05) is 6.20 Å². The molecular formula is C19H32N4O4. The van der Waals surface area contributed by atoms with Crippen LogP contribution in [0.3, 0.4) is 0 Å². The van der Waals surface area contributed by atoms with E-state index in [4.69, 9.17) is 10.8 Å². The van der Waals surface area contributed by atoms with Gasteiger partial charge in [-0.25, -0.2) is 4.79 Å². The van der Waals surface area contributed by atoms with Crippen molar-refractivity contribution in [2.75, 3.05) is 19.6 Å². The number of pyridine rings is 1. The number of carbonyl (C=O) groups is 3. The average Bonchev–Trinajstić information content (AvgIpc) is 2.63. The van der Waals surface area contributed by atoms with E-state index in [1.807, 2.05) is 0 Å². The van der Waals surface area contributed by atoms with Crippen LogP contribution in [0.1, 0.15) is 62.4 Å². The molecule has 152 valence electrons. The Balaban J connectivity index is 0.000000821. The molecule has 2 amide bonds. The molecular weight excluding hydrogens is 348 g/mol. The van der Waals surface area contributed by atoms with E-state index < -0.39 is 23.3 Å². The molecule has 0 fully saturated rings. The smallest absolute Gasteiger partial charge is 0.338 e. The van der Waals surface area contributed by atoms with Gasteiger partial charge in [-0.15, -0.1) is 0 Å². The molecule has 1 unspecified atom stereocenters. The number of amides is 2. The largest absolute Gasteiger partial charge is 0.478 e. The second-order valence-electron chi connectivity index (χ2n) is 6.50. The Morgan fingerprint density at radius 3 is 2.07 bits per heavy atom. The number of carbonyl (C=O) groups excluding carboxylic acids is 2. The quantitative estimate of drug-likeness (QED) is 0.631. The first-order valence-electron chi connectivity index (χ1n) is 9.08. The van der Waals surface area contributed by atoms with Gasteiger partial charge in [-0.1, -0.05) is 34.6 Å². The first-order chi connectivity index (χ1) is 12.5. The van der Waals surface area contributed by atoms with E-state index in [1.165, 1.54) is 44.9 Å². The lowest BCUT2D eigenvalue weighted by Crippen LogP contribution is -2.58. The predicted octanol–water partition coefficient (Wildman–Crippen LogP) is 1.76. The highest BCUT2D eigenvalue weighted by Crippen LogP contribution is 2.17. The van der Waals surface area contributed by atoms with Crippen molar-refractivity contribution in [3.8, 4) is 0 Å². The van der Waals surface area contributed by atoms with Crippen molar-refractivity contribution in [1.82, 2.24) is 15.2 Å². The minimum Gasteiger partial charge on any atom is -0.478 e. The van der Waals surface area contributed by atoms with Crippen LogP contribution in [0.2, 0.25) is 0 Å². The molecule has 1 atom stereocenters. The minimum atomic E-state index is -1.29. The third kappa shape index (κ3) is 6.97. The summed E-state index contributed by atoms with van der Waals surface area (Å²) < 4.78 is 0. The number of nitrogens with two attached hydrogens (primary N) is 1. The fourth-order valence-electron chi connectivity index (χ4n) is 2.22. The van der Waals surface area contributed by atoms with E-state index in [0.717, 1.165) is 0 Å². The summed E-state index contributed by atoms with van der Waals surface area (Å²) in [6.45, 7) is 15.1. The summed E-state index contributed by atoms with van der Waals surface area (Å²) >= 11 is 0. The predicted molar refractivity (Wildman–Crippen MR) is 105 cm³/mol. The molecule has 0 aliphatic rings. The van der Waals surface area contributed by atoms with Crippen LogP contribution >= 0.6 is 0 Å². The van der Waals surface area contributed by atoms with Crippen molar-refractivity contribution in [3.63, 3.8) is 0 Å². The minimum absolute atomic E-state index is 0.236. The number of primary amides is 1. The van der Waals surface area contributed by atoms with Gasteiger partial charge < -0.3 is 21.1 Å². The maximum absolute atomic E-state index is 12.1. The summed E-state index contributed by atoms with van der Waals surface area (Å²) in [4.78, 5) is 40.8. The second-order valence-corrected chi connectivity index (χ2v) is 6.50. The maximum Gasteiger partial charge on any atom is 0.338 e. The molecule has 0 saturated heterocycles. The Morgan fingerprint density at radius 2 is 1.74 bits per heavy atom. The van der Waals surface area contributed by atoms with Gasteiger partial charge in [0.1, 0.15) is 11.2 Å². The van der Waals surface area contributed by atoms with Crippen molar-refractivity contribution >= 4 is 17.8 Å². The van der Waals surface area contributed by atoms with Gasteiger partial charge in [-0.3, -0.25) is 14.6 Å². The second kappa shape index (κ2) is 11.3. The summed E-state index contributed by atoms with van der Waals surface area (Å²) in [6.07, 6.45) is 1.30. The summed E-state index contributed by atoms with van der Waals surface area (Å²) in [7, 11) is 0. The molecule has 8 heteroatoms. The van der Waals surface area contributed by atoms with Crippen LogP contribution in [0.25, 0.3) is 0 Å². The van der Waals surface area contributed by atoms with Gasteiger partial charge in [-0.05, 0) is 44.6 Å². The molecule has 0 spiro atoms. The number of hydrogen-bond donors (Lipinski definition) is 3. The van der Waals surface area contributed by atoms with Crippen molar-refractivity contribution in [2.24, 2.45) is 11.7 Å². The Kier molecular flexibility index (Phi) is 10.2. The molecule has 0 saturated carbocycles. The molecule has 1 aromatic rings. The van der Waals surface area contributed by atoms with Crippen molar-refractivity contribution in [3.05, 3.63) is 29.6 Å². The first kappa shape index (κ1) is 24.5. The number of aromatic carboxylic acids is 1. The molecule has 1 rings (SSSR count). The molecule has 0 bridgehead atoms. The fourth-order valence-corrected chi connectivity index (χ4v) is 2.22. The first-order valence-corrected chi connectivity index (χ1v) is 9.08. The number of rotatable bonds is 8. The third-order valence-corrected chi connectivity index (χ3v) is 4.63. The van der Waals surface area contributed by atoms with E-state index in [2.05, 4.69) is 36.0 Å². The lowest BCUT2D eigenvalue weighted by atomic mass is 9.87. The fraction of sp³-hybridized carbons (Fsp3) is 0.579. The monoisotopic (exact) mass is 380 g/mol. The SMILES string of the molecule is CC(C)C(C)(NC(=O)c1ncccc1C(=O)O)C(N)=O.CCN(CC)CC. The molecule has 0 aliphatic carbocycles. The van der Waals surface area contributed by atoms with Gasteiger partial charge in [0.2, 0.25) is 5.91 Å². The summed E-state index contributed by atoms with van der Waals surface area (Å²) in [6, 6.07) is 2.68. The highest BCUT2D eigenvalue weighted by Gasteiger charge is 2.37. The standard InChI is InChI=1S/C13H17N3O4.C6H15N/c1-7(2)13(3,12(14)20)16-10(17)9-8(11(18)19)5-4-6-15-9;1-4-7(5-2)6-3/h4-7H,1-3H3,(H2,14,20)(H,16,17)(H,18,19);4-6H2,1-3H3. The lowest BCUT2D eigenvalue weighted by molar-refractivity contribution is -0.125. The zero-order valence-corrected chi connectivity index (χ0v) is 17.1. The number of nitrogens with one attached hydrogen (secondary N) is 1. The Hall–Kier alpha value is -2.48. The van der Waals surface area contributed by atoms with E-state index in [9.17, 15) is 14.4 Å². The van der Waals surface area contributed by atoms with Crippen LogP contribution in [0.5, 0.6) is 0 Å². The lowest BCUT2D eigenvalue weighted by Gasteiger charge is -2.31. The number of aromatic nitrogens is 1. The van der Waals surface area contributed by atoms with Crippen LogP contribution in [-0.2, 0) is 4.79 Å². The van der Waals surface area contributed by atoms with Crippen LogP contribution < -0.4 is 11.1 Å². The number of carboxylic acids is 1. The summed E-state index contributed by atoms with van der Waals surface area (Å²) in [5, 5.41) is 11.5. The van der Waals surface area contributed by atoms with Gasteiger partial charge >= 0.3 is 5.97 Å². The number of hydrogen-bond acceptors (Lipinski definition) is 5. The molecule has 8 nitrogen and oxygen atoms in total. The zero-order chi connectivity index (χ0) is 21.2. The molecule has 0 aliphatic heterocycles. The molecule has 0 aromatic carbocycles. The van der Waals surface area contributed by atoms with E-state index in [0.29, 0.717) is 0 Å². The topological polar surface area (TPSA) is 126 Å². The highest BCUT2D eigenvalue weighted by molar-refractivity contribution is 6.05. The Labute approximate surface area is 161 Å². The number of nitrogens with zero attached hydrogens (tertiary/aromatic N) is 2. The Morgan fingerprint density at radius 1 is 1.22 bits per heavy atom. The zero-order valence-electron chi connectivity index (χ0n) is 17.1.